The average Bonchev–Trinajstić information content (AvgIpc) is 3.05. The lowest BCUT2D eigenvalue weighted by Gasteiger charge is -2.23. The number of aromatic hydroxyl groups is 2. The summed E-state index contributed by atoms with van der Waals surface area (Å²) in [5.74, 6) is -0.212. The van der Waals surface area contributed by atoms with Crippen LogP contribution in [0.1, 0.15) is 28.8 Å². The maximum Gasteiger partial charge on any atom is 0.261 e. The Labute approximate surface area is 260 Å². The van der Waals surface area contributed by atoms with E-state index in [0.717, 1.165) is 29.5 Å². The van der Waals surface area contributed by atoms with Crippen molar-refractivity contribution in [1.29, 1.82) is 0 Å². The molecule has 1 saturated heterocycles. The minimum absolute atomic E-state index is 0.0718. The van der Waals surface area contributed by atoms with Crippen molar-refractivity contribution in [3.05, 3.63) is 113 Å². The molecule has 6 rings (SSSR count). The van der Waals surface area contributed by atoms with Crippen LogP contribution in [0, 0.1) is 12.8 Å². The van der Waals surface area contributed by atoms with Crippen LogP contribution in [-0.4, -0.2) is 38.9 Å². The Bertz CT molecular complexity index is 1910. The number of hydrogen-bond acceptors (Lipinski definition) is 7. The molecule has 9 heteroatoms. The summed E-state index contributed by atoms with van der Waals surface area (Å²) in [7, 11) is 0. The first-order valence-corrected chi connectivity index (χ1v) is 14.8. The Hall–Kier alpha value is -5.41. The lowest BCUT2D eigenvalue weighted by atomic mass is 9.99. The molecule has 0 bridgehead atoms. The number of nitrogen functional groups attached to an aromatic ring is 1. The summed E-state index contributed by atoms with van der Waals surface area (Å²) in [6.45, 7) is 4.11. The van der Waals surface area contributed by atoms with Crippen molar-refractivity contribution in [1.82, 2.24) is 9.55 Å². The van der Waals surface area contributed by atoms with Crippen LogP contribution >= 0.6 is 0 Å². The molecule has 0 radical (unpaired) electrons. The minimum Gasteiger partial charge on any atom is -0.504 e. The molecule has 1 amide bonds. The molecule has 1 aliphatic heterocycles. The van der Waals surface area contributed by atoms with E-state index >= 15 is 0 Å². The third-order valence-electron chi connectivity index (χ3n) is 8.18. The Morgan fingerprint density at radius 2 is 1.56 bits per heavy atom. The molecule has 0 aliphatic carbocycles. The Balaban J connectivity index is 1.27. The molecule has 3 heterocycles. The number of benzene rings is 3. The van der Waals surface area contributed by atoms with Gasteiger partial charge in [-0.05, 0) is 72.7 Å². The molecule has 45 heavy (non-hydrogen) atoms. The SMILES string of the molecule is Cc1ccc(-c2cn(CC3CCOCC3)cc(C(=O)Nc3ccc(-c4cc(-c5ccc(O)c(O)c5)cnc4N)cc3)c2=O)cc1. The lowest BCUT2D eigenvalue weighted by Crippen LogP contribution is -2.26. The van der Waals surface area contributed by atoms with Crippen LogP contribution in [0.15, 0.2) is 96.2 Å². The van der Waals surface area contributed by atoms with Crippen LogP contribution in [0.3, 0.4) is 0 Å². The molecule has 2 aromatic heterocycles. The highest BCUT2D eigenvalue weighted by molar-refractivity contribution is 6.04. The highest BCUT2D eigenvalue weighted by Gasteiger charge is 2.20. The molecule has 1 fully saturated rings. The van der Waals surface area contributed by atoms with E-state index in [1.807, 2.05) is 60.2 Å². The molecule has 0 unspecified atom stereocenters. The smallest absolute Gasteiger partial charge is 0.261 e. The third kappa shape index (κ3) is 6.58. The third-order valence-corrected chi connectivity index (χ3v) is 8.18. The number of aryl methyl sites for hydroxylation is 1. The number of carbonyl (C=O) groups excluding carboxylic acids is 1. The van der Waals surface area contributed by atoms with Gasteiger partial charge in [-0.2, -0.15) is 0 Å². The first-order chi connectivity index (χ1) is 21.7. The van der Waals surface area contributed by atoms with E-state index in [4.69, 9.17) is 10.5 Å². The molecule has 9 nitrogen and oxygen atoms in total. The zero-order valence-corrected chi connectivity index (χ0v) is 24.9. The van der Waals surface area contributed by atoms with Crippen LogP contribution in [0.2, 0.25) is 0 Å². The number of phenolic OH excluding ortho intramolecular Hbond substituents is 2. The predicted molar refractivity (Wildman–Crippen MR) is 175 cm³/mol. The average molecular weight is 603 g/mol. The molecule has 1 aliphatic rings. The molecule has 0 spiro atoms. The number of nitrogens with one attached hydrogen (secondary N) is 1. The molecule has 0 saturated carbocycles. The van der Waals surface area contributed by atoms with Gasteiger partial charge in [-0.1, -0.05) is 48.0 Å². The van der Waals surface area contributed by atoms with Gasteiger partial charge in [0.25, 0.3) is 5.91 Å². The van der Waals surface area contributed by atoms with Gasteiger partial charge in [0, 0.05) is 60.7 Å². The summed E-state index contributed by atoms with van der Waals surface area (Å²) in [6, 6.07) is 21.2. The highest BCUT2D eigenvalue weighted by Crippen LogP contribution is 2.34. The van der Waals surface area contributed by atoms with E-state index in [1.165, 1.54) is 12.1 Å². The standard InChI is InChI=1S/C36H34N4O5/c1-22-2-4-25(5-3-22)30-20-40(19-23-12-14-45-15-13-23)21-31(34(30)43)36(44)39-28-9-6-24(7-10-28)29-16-27(18-38-35(29)37)26-8-11-32(41)33(42)17-26/h2-11,16-18,20-21,23,41-42H,12-15,19H2,1H3,(H2,37,38)(H,39,44). The highest BCUT2D eigenvalue weighted by atomic mass is 16.5. The van der Waals surface area contributed by atoms with Gasteiger partial charge in [-0.15, -0.1) is 0 Å². The normalized spacial score (nSPS) is 13.4. The van der Waals surface area contributed by atoms with Gasteiger partial charge < -0.3 is 30.6 Å². The Morgan fingerprint density at radius 1 is 0.889 bits per heavy atom. The van der Waals surface area contributed by atoms with Crippen molar-refractivity contribution >= 4 is 17.4 Å². The summed E-state index contributed by atoms with van der Waals surface area (Å²) < 4.78 is 7.47. The van der Waals surface area contributed by atoms with Crippen LogP contribution in [0.25, 0.3) is 33.4 Å². The van der Waals surface area contributed by atoms with Crippen LogP contribution < -0.4 is 16.5 Å². The van der Waals surface area contributed by atoms with Crippen LogP contribution in [-0.2, 0) is 11.3 Å². The Kier molecular flexibility index (Phi) is 8.35. The number of phenols is 2. The second kappa shape index (κ2) is 12.7. The predicted octanol–water partition coefficient (Wildman–Crippen LogP) is 6.23. The van der Waals surface area contributed by atoms with E-state index < -0.39 is 5.91 Å². The monoisotopic (exact) mass is 602 g/mol. The zero-order valence-electron chi connectivity index (χ0n) is 24.9. The molecule has 5 N–H and O–H groups in total. The quantitative estimate of drug-likeness (QED) is 0.162. The molecule has 3 aromatic carbocycles. The number of aromatic nitrogens is 2. The summed E-state index contributed by atoms with van der Waals surface area (Å²) >= 11 is 0. The van der Waals surface area contributed by atoms with E-state index in [-0.39, 0.29) is 22.5 Å². The first kappa shape index (κ1) is 29.7. The van der Waals surface area contributed by atoms with E-state index in [0.29, 0.717) is 59.4 Å². The van der Waals surface area contributed by atoms with Crippen LogP contribution in [0.5, 0.6) is 11.5 Å². The summed E-state index contributed by atoms with van der Waals surface area (Å²) in [5.41, 5.74) is 11.6. The number of amides is 1. The van der Waals surface area contributed by atoms with Crippen molar-refractivity contribution in [2.24, 2.45) is 5.92 Å². The van der Waals surface area contributed by atoms with Gasteiger partial charge in [0.05, 0.1) is 0 Å². The molecular formula is C36H34N4O5. The zero-order chi connectivity index (χ0) is 31.5. The van der Waals surface area contributed by atoms with Crippen molar-refractivity contribution in [3.8, 4) is 44.9 Å². The number of hydrogen-bond donors (Lipinski definition) is 4. The van der Waals surface area contributed by atoms with Gasteiger partial charge in [0.1, 0.15) is 11.4 Å². The fourth-order valence-corrected chi connectivity index (χ4v) is 5.56. The van der Waals surface area contributed by atoms with Gasteiger partial charge in [-0.25, -0.2) is 4.98 Å². The van der Waals surface area contributed by atoms with Crippen LogP contribution in [0.4, 0.5) is 11.5 Å². The maximum atomic E-state index is 13.7. The number of rotatable bonds is 7. The maximum absolute atomic E-state index is 13.7. The largest absolute Gasteiger partial charge is 0.504 e. The van der Waals surface area contributed by atoms with E-state index in [1.54, 1.807) is 30.6 Å². The van der Waals surface area contributed by atoms with Gasteiger partial charge in [-0.3, -0.25) is 9.59 Å². The van der Waals surface area contributed by atoms with Crippen molar-refractivity contribution in [2.75, 3.05) is 24.3 Å². The minimum atomic E-state index is -0.488. The summed E-state index contributed by atoms with van der Waals surface area (Å²) in [5, 5.41) is 22.5. The number of pyridine rings is 2. The Morgan fingerprint density at radius 3 is 2.27 bits per heavy atom. The summed E-state index contributed by atoms with van der Waals surface area (Å²) in [4.78, 5) is 31.5. The van der Waals surface area contributed by atoms with Crippen molar-refractivity contribution in [2.45, 2.75) is 26.3 Å². The molecular weight excluding hydrogens is 568 g/mol. The van der Waals surface area contributed by atoms with Gasteiger partial charge in [0.2, 0.25) is 5.43 Å². The van der Waals surface area contributed by atoms with Gasteiger partial charge >= 0.3 is 0 Å². The number of carbonyl (C=O) groups is 1. The molecule has 5 aromatic rings. The van der Waals surface area contributed by atoms with E-state index in [9.17, 15) is 19.8 Å². The number of nitrogens with two attached hydrogens (primary N) is 1. The fraction of sp³-hybridized carbons (Fsp3) is 0.194. The number of anilines is 2. The van der Waals surface area contributed by atoms with Crippen molar-refractivity contribution in [3.63, 3.8) is 0 Å². The topological polar surface area (TPSA) is 140 Å². The number of ether oxygens (including phenoxy) is 1. The lowest BCUT2D eigenvalue weighted by molar-refractivity contribution is 0.0612. The fourth-order valence-electron chi connectivity index (χ4n) is 5.56. The second-order valence-electron chi connectivity index (χ2n) is 11.4. The first-order valence-electron chi connectivity index (χ1n) is 14.8. The second-order valence-corrected chi connectivity index (χ2v) is 11.4. The van der Waals surface area contributed by atoms with E-state index in [2.05, 4.69) is 10.3 Å². The number of nitrogens with zero attached hydrogens (tertiary/aromatic N) is 2. The molecule has 228 valence electrons. The van der Waals surface area contributed by atoms with Gasteiger partial charge in [0.15, 0.2) is 11.5 Å². The van der Waals surface area contributed by atoms with Crippen molar-refractivity contribution < 1.29 is 19.7 Å². The molecule has 0 atom stereocenters. The summed E-state index contributed by atoms with van der Waals surface area (Å²) in [6.07, 6.45) is 6.96.